The van der Waals surface area contributed by atoms with Gasteiger partial charge in [0.1, 0.15) is 29.1 Å². The molecule has 0 aliphatic rings. The summed E-state index contributed by atoms with van der Waals surface area (Å²) in [5, 5.41) is 12.3. The van der Waals surface area contributed by atoms with E-state index in [4.69, 9.17) is 10.5 Å². The Balaban J connectivity index is 1.47. The zero-order valence-electron chi connectivity index (χ0n) is 20.9. The van der Waals surface area contributed by atoms with Crippen LogP contribution in [0, 0.1) is 17.5 Å². The minimum Gasteiger partial charge on any atom is -0.493 e. The molecule has 0 radical (unpaired) electrons. The number of carbonyl (C=O) groups is 2. The van der Waals surface area contributed by atoms with Crippen LogP contribution in [0.25, 0.3) is 5.69 Å². The number of anilines is 1. The molecule has 0 bridgehead atoms. The van der Waals surface area contributed by atoms with Crippen LogP contribution in [0.2, 0.25) is 0 Å². The number of benzene rings is 3. The van der Waals surface area contributed by atoms with Crippen LogP contribution in [0.1, 0.15) is 33.9 Å². The minimum absolute atomic E-state index is 0.0100. The van der Waals surface area contributed by atoms with Crippen molar-refractivity contribution >= 4 is 17.6 Å². The summed E-state index contributed by atoms with van der Waals surface area (Å²) in [6.07, 6.45) is 0.321. The van der Waals surface area contributed by atoms with E-state index in [0.29, 0.717) is 16.6 Å². The average Bonchev–Trinajstić information content (AvgIpc) is 2.92. The third-order valence-electron chi connectivity index (χ3n) is 6.01. The molecule has 0 fully saturated rings. The van der Waals surface area contributed by atoms with Crippen molar-refractivity contribution in [3.05, 3.63) is 123 Å². The summed E-state index contributed by atoms with van der Waals surface area (Å²) in [7, 11) is 0. The molecule has 206 valence electrons. The normalized spacial score (nSPS) is 11.7. The van der Waals surface area contributed by atoms with Crippen LogP contribution in [0.3, 0.4) is 0 Å². The number of rotatable bonds is 11. The molecule has 8 nitrogen and oxygen atoms in total. The Labute approximate surface area is 226 Å². The van der Waals surface area contributed by atoms with Crippen LogP contribution in [0.5, 0.6) is 5.75 Å². The third-order valence-corrected chi connectivity index (χ3v) is 6.01. The zero-order valence-corrected chi connectivity index (χ0v) is 20.9. The minimum atomic E-state index is -1.16. The first-order chi connectivity index (χ1) is 19.2. The second-order valence-electron chi connectivity index (χ2n) is 8.72. The summed E-state index contributed by atoms with van der Waals surface area (Å²) in [6.45, 7) is 0.256. The van der Waals surface area contributed by atoms with E-state index in [2.05, 4.69) is 5.32 Å². The Morgan fingerprint density at radius 3 is 2.23 bits per heavy atom. The van der Waals surface area contributed by atoms with Gasteiger partial charge in [0.05, 0.1) is 12.2 Å². The topological polar surface area (TPSA) is 124 Å². The summed E-state index contributed by atoms with van der Waals surface area (Å²) in [5.41, 5.74) is 4.79. The Hall–Kier alpha value is -4.90. The second-order valence-corrected chi connectivity index (χ2v) is 8.72. The molecular formula is C29H24F3N3O5. The van der Waals surface area contributed by atoms with Gasteiger partial charge in [-0.1, -0.05) is 30.3 Å². The predicted molar refractivity (Wildman–Crippen MR) is 141 cm³/mol. The molecule has 0 aliphatic heterocycles. The number of carboxylic acids is 1. The van der Waals surface area contributed by atoms with E-state index in [-0.39, 0.29) is 30.0 Å². The molecule has 1 atom stereocenters. The first kappa shape index (κ1) is 28.1. The van der Waals surface area contributed by atoms with E-state index >= 15 is 8.78 Å². The number of ether oxygens (including phenoxy) is 1. The van der Waals surface area contributed by atoms with E-state index in [9.17, 15) is 23.9 Å². The summed E-state index contributed by atoms with van der Waals surface area (Å²) in [6, 6.07) is 16.1. The van der Waals surface area contributed by atoms with Gasteiger partial charge in [0.2, 0.25) is 0 Å². The fraction of sp³-hybridized carbons (Fsp3) is 0.138. The first-order valence-corrected chi connectivity index (χ1v) is 12.1. The smallest absolute Gasteiger partial charge is 0.325 e. The first-order valence-electron chi connectivity index (χ1n) is 12.1. The van der Waals surface area contributed by atoms with Gasteiger partial charge >= 0.3 is 5.97 Å². The third kappa shape index (κ3) is 6.21. The number of ketones is 1. The number of carboxylic acid groups (broad SMARTS) is 1. The summed E-state index contributed by atoms with van der Waals surface area (Å²) in [5.74, 6) is -5.27. The number of hydrogen-bond acceptors (Lipinski definition) is 6. The van der Waals surface area contributed by atoms with Crippen molar-refractivity contribution in [3.63, 3.8) is 0 Å². The predicted octanol–water partition coefficient (Wildman–Crippen LogP) is 4.25. The molecule has 0 saturated heterocycles. The van der Waals surface area contributed by atoms with Crippen molar-refractivity contribution in [1.29, 1.82) is 0 Å². The highest BCUT2D eigenvalue weighted by molar-refractivity contribution is 6.11. The van der Waals surface area contributed by atoms with Crippen LogP contribution < -0.4 is 21.3 Å². The molecule has 0 aliphatic carbocycles. The lowest BCUT2D eigenvalue weighted by molar-refractivity contribution is -0.139. The van der Waals surface area contributed by atoms with Crippen LogP contribution in [0.15, 0.2) is 83.7 Å². The van der Waals surface area contributed by atoms with Crippen molar-refractivity contribution in [3.8, 4) is 11.4 Å². The number of nitrogens with two attached hydrogens (primary N) is 1. The molecule has 0 spiro atoms. The Bertz CT molecular complexity index is 1570. The van der Waals surface area contributed by atoms with E-state index < -0.39 is 52.3 Å². The molecule has 0 unspecified atom stereocenters. The fourth-order valence-electron chi connectivity index (χ4n) is 4.07. The molecular weight excluding hydrogens is 527 g/mol. The molecule has 1 heterocycles. The lowest BCUT2D eigenvalue weighted by atomic mass is 10.0. The molecule has 4 N–H and O–H groups in total. The Morgan fingerprint density at radius 1 is 0.950 bits per heavy atom. The Kier molecular flexibility index (Phi) is 8.65. The van der Waals surface area contributed by atoms with Crippen molar-refractivity contribution in [2.45, 2.75) is 12.5 Å². The molecule has 3 aromatic carbocycles. The number of halogens is 3. The lowest BCUT2D eigenvalue weighted by Crippen LogP contribution is -2.30. The highest BCUT2D eigenvalue weighted by Gasteiger charge is 2.22. The lowest BCUT2D eigenvalue weighted by Gasteiger charge is -2.16. The maximum atomic E-state index is 15.1. The highest BCUT2D eigenvalue weighted by atomic mass is 19.1. The SMILES string of the molecule is Nc1c(C(=O)c2ccc(F)cc2)ccc(=O)n1-c1c(F)cc(OCCCN[C@H](C(=O)O)c2ccccc2)cc1F. The summed E-state index contributed by atoms with van der Waals surface area (Å²) >= 11 is 0. The van der Waals surface area contributed by atoms with Crippen molar-refractivity contribution in [2.24, 2.45) is 0 Å². The second kappa shape index (κ2) is 12.3. The monoisotopic (exact) mass is 551 g/mol. The van der Waals surface area contributed by atoms with E-state index in [0.717, 1.165) is 36.4 Å². The summed E-state index contributed by atoms with van der Waals surface area (Å²) in [4.78, 5) is 37.0. The highest BCUT2D eigenvalue weighted by Crippen LogP contribution is 2.27. The molecule has 4 aromatic rings. The van der Waals surface area contributed by atoms with Crippen molar-refractivity contribution in [1.82, 2.24) is 9.88 Å². The Morgan fingerprint density at radius 2 is 1.60 bits per heavy atom. The van der Waals surface area contributed by atoms with Crippen LogP contribution >= 0.6 is 0 Å². The van der Waals surface area contributed by atoms with Gasteiger partial charge in [0.15, 0.2) is 17.4 Å². The molecule has 40 heavy (non-hydrogen) atoms. The molecule has 1 aromatic heterocycles. The number of nitrogens with zero attached hydrogens (tertiary/aromatic N) is 1. The van der Waals surface area contributed by atoms with Gasteiger partial charge in [-0.05, 0) is 48.9 Å². The molecule has 0 saturated carbocycles. The number of carbonyl (C=O) groups excluding carboxylic acids is 1. The molecule has 0 amide bonds. The fourth-order valence-corrected chi connectivity index (χ4v) is 4.07. The maximum Gasteiger partial charge on any atom is 0.325 e. The maximum absolute atomic E-state index is 15.1. The largest absolute Gasteiger partial charge is 0.493 e. The van der Waals surface area contributed by atoms with Crippen LogP contribution in [-0.4, -0.2) is 34.6 Å². The van der Waals surface area contributed by atoms with Gasteiger partial charge in [-0.2, -0.15) is 0 Å². The molecule has 11 heteroatoms. The number of nitrogen functional groups attached to an aromatic ring is 1. The van der Waals surface area contributed by atoms with Gasteiger partial charge < -0.3 is 20.9 Å². The van der Waals surface area contributed by atoms with Gasteiger partial charge in [-0.3, -0.25) is 19.0 Å². The van der Waals surface area contributed by atoms with E-state index in [1.54, 1.807) is 30.3 Å². The van der Waals surface area contributed by atoms with E-state index in [1.807, 2.05) is 0 Å². The van der Waals surface area contributed by atoms with Crippen molar-refractivity contribution in [2.75, 3.05) is 18.9 Å². The van der Waals surface area contributed by atoms with E-state index in [1.165, 1.54) is 12.1 Å². The standard InChI is InChI=1S/C29H24F3N3O5/c30-19-9-7-18(8-10-19)27(37)21-11-12-24(36)35(28(21)33)26-22(31)15-20(16-23(26)32)40-14-4-13-34-25(29(38)39)17-5-2-1-3-6-17/h1-3,5-12,15-16,25,34H,4,13-14,33H2,(H,38,39)/t25-/m0/s1. The summed E-state index contributed by atoms with van der Waals surface area (Å²) < 4.78 is 49.4. The number of pyridine rings is 1. The van der Waals surface area contributed by atoms with Crippen molar-refractivity contribution < 1.29 is 32.6 Å². The number of aromatic nitrogens is 1. The van der Waals surface area contributed by atoms with Gasteiger partial charge in [0, 0.05) is 23.8 Å². The van der Waals surface area contributed by atoms with Gasteiger partial charge in [-0.15, -0.1) is 0 Å². The van der Waals surface area contributed by atoms with Gasteiger partial charge in [-0.25, -0.2) is 13.2 Å². The average molecular weight is 552 g/mol. The number of aliphatic carboxylic acids is 1. The van der Waals surface area contributed by atoms with Gasteiger partial charge in [0.25, 0.3) is 5.56 Å². The molecule has 4 rings (SSSR count). The quantitative estimate of drug-likeness (QED) is 0.188. The zero-order chi connectivity index (χ0) is 28.8. The number of hydrogen-bond donors (Lipinski definition) is 3. The van der Waals surface area contributed by atoms with Crippen LogP contribution in [0.4, 0.5) is 19.0 Å². The number of nitrogens with one attached hydrogen (secondary N) is 1. The van der Waals surface area contributed by atoms with Crippen LogP contribution in [-0.2, 0) is 4.79 Å².